The first-order valence-corrected chi connectivity index (χ1v) is 8.18. The van der Waals surface area contributed by atoms with E-state index in [1.807, 2.05) is 32.0 Å². The van der Waals surface area contributed by atoms with Crippen LogP contribution in [0.4, 0.5) is 23.1 Å². The summed E-state index contributed by atoms with van der Waals surface area (Å²) < 4.78 is 4.70. The van der Waals surface area contributed by atoms with E-state index in [4.69, 9.17) is 4.74 Å². The average molecular weight is 348 g/mol. The van der Waals surface area contributed by atoms with Crippen molar-refractivity contribution < 1.29 is 9.53 Å². The van der Waals surface area contributed by atoms with Crippen molar-refractivity contribution in [3.8, 4) is 0 Å². The summed E-state index contributed by atoms with van der Waals surface area (Å²) in [5.41, 5.74) is 4.58. The van der Waals surface area contributed by atoms with Gasteiger partial charge in [-0.25, -0.2) is 9.78 Å². The molecule has 1 heterocycles. The maximum absolute atomic E-state index is 11.5. The highest BCUT2D eigenvalue weighted by atomic mass is 16.5. The number of nitrogens with one attached hydrogen (secondary N) is 2. The van der Waals surface area contributed by atoms with Crippen LogP contribution in [0.15, 0.2) is 54.7 Å². The van der Waals surface area contributed by atoms with Gasteiger partial charge in [-0.1, -0.05) is 18.2 Å². The second-order valence-corrected chi connectivity index (χ2v) is 5.85. The first-order chi connectivity index (χ1) is 12.6. The smallest absolute Gasteiger partial charge is 0.337 e. The van der Waals surface area contributed by atoms with Crippen LogP contribution in [0.1, 0.15) is 21.5 Å². The molecule has 3 rings (SSSR count). The third-order valence-corrected chi connectivity index (χ3v) is 3.95. The zero-order chi connectivity index (χ0) is 18.5. The fraction of sp³-hybridized carbons (Fsp3) is 0.150. The Morgan fingerprint density at radius 1 is 0.962 bits per heavy atom. The Bertz CT molecular complexity index is 903. The number of anilines is 4. The maximum Gasteiger partial charge on any atom is 0.337 e. The summed E-state index contributed by atoms with van der Waals surface area (Å²) in [6.45, 7) is 4.08. The third kappa shape index (κ3) is 3.97. The van der Waals surface area contributed by atoms with E-state index in [2.05, 4.69) is 20.6 Å². The zero-order valence-electron chi connectivity index (χ0n) is 14.9. The monoisotopic (exact) mass is 348 g/mol. The van der Waals surface area contributed by atoms with Crippen LogP contribution in [0.2, 0.25) is 0 Å². The van der Waals surface area contributed by atoms with Gasteiger partial charge in [0.25, 0.3) is 0 Å². The van der Waals surface area contributed by atoms with E-state index in [0.717, 1.165) is 22.5 Å². The fourth-order valence-corrected chi connectivity index (χ4v) is 2.57. The molecule has 1 aromatic heterocycles. The molecule has 0 bridgehead atoms. The van der Waals surface area contributed by atoms with Crippen LogP contribution in [0.25, 0.3) is 0 Å². The van der Waals surface area contributed by atoms with E-state index in [-0.39, 0.29) is 5.97 Å². The number of hydrogen-bond donors (Lipinski definition) is 2. The molecule has 6 heteroatoms. The number of ether oxygens (including phenoxy) is 1. The van der Waals surface area contributed by atoms with Gasteiger partial charge in [0, 0.05) is 17.6 Å². The van der Waals surface area contributed by atoms with E-state index in [1.54, 1.807) is 36.5 Å². The van der Waals surface area contributed by atoms with Crippen LogP contribution in [-0.2, 0) is 4.74 Å². The normalized spacial score (nSPS) is 10.3. The van der Waals surface area contributed by atoms with Gasteiger partial charge < -0.3 is 15.4 Å². The molecule has 0 amide bonds. The number of hydrogen-bond acceptors (Lipinski definition) is 6. The zero-order valence-corrected chi connectivity index (χ0v) is 14.9. The minimum Gasteiger partial charge on any atom is -0.465 e. The van der Waals surface area contributed by atoms with E-state index < -0.39 is 0 Å². The van der Waals surface area contributed by atoms with E-state index >= 15 is 0 Å². The molecule has 2 N–H and O–H groups in total. The molecule has 26 heavy (non-hydrogen) atoms. The molecule has 0 aliphatic rings. The molecule has 0 spiro atoms. The lowest BCUT2D eigenvalue weighted by atomic mass is 10.1. The number of esters is 1. The SMILES string of the molecule is COC(=O)c1ccc(Nc2ccnc(Nc3c(C)cccc3C)n2)cc1. The van der Waals surface area contributed by atoms with E-state index in [9.17, 15) is 4.79 Å². The Kier molecular flexibility index (Phi) is 5.12. The molecule has 0 aliphatic heterocycles. The molecule has 0 saturated heterocycles. The molecule has 0 fully saturated rings. The van der Waals surface area contributed by atoms with Crippen LogP contribution in [0.3, 0.4) is 0 Å². The van der Waals surface area contributed by atoms with Gasteiger partial charge in [0.05, 0.1) is 12.7 Å². The lowest BCUT2D eigenvalue weighted by molar-refractivity contribution is 0.0601. The summed E-state index contributed by atoms with van der Waals surface area (Å²) in [6, 6.07) is 14.9. The predicted molar refractivity (Wildman–Crippen MR) is 102 cm³/mol. The van der Waals surface area contributed by atoms with Crippen LogP contribution in [0, 0.1) is 13.8 Å². The lowest BCUT2D eigenvalue weighted by Gasteiger charge is -2.12. The largest absolute Gasteiger partial charge is 0.465 e. The number of aryl methyl sites for hydroxylation is 2. The van der Waals surface area contributed by atoms with Gasteiger partial charge in [0.1, 0.15) is 5.82 Å². The van der Waals surface area contributed by atoms with Crippen molar-refractivity contribution >= 4 is 29.1 Å². The Morgan fingerprint density at radius 2 is 1.65 bits per heavy atom. The predicted octanol–water partition coefficient (Wildman–Crippen LogP) is 4.37. The molecular weight excluding hydrogens is 328 g/mol. The molecule has 6 nitrogen and oxygen atoms in total. The highest BCUT2D eigenvalue weighted by Gasteiger charge is 2.07. The topological polar surface area (TPSA) is 76.1 Å². The second kappa shape index (κ2) is 7.65. The Balaban J connectivity index is 1.76. The third-order valence-electron chi connectivity index (χ3n) is 3.95. The Morgan fingerprint density at radius 3 is 2.31 bits per heavy atom. The van der Waals surface area contributed by atoms with Crippen molar-refractivity contribution in [2.45, 2.75) is 13.8 Å². The number of benzene rings is 2. The molecule has 132 valence electrons. The van der Waals surface area contributed by atoms with Gasteiger partial charge in [-0.3, -0.25) is 0 Å². The number of aromatic nitrogens is 2. The highest BCUT2D eigenvalue weighted by Crippen LogP contribution is 2.23. The first kappa shape index (κ1) is 17.4. The molecule has 3 aromatic rings. The number of carbonyl (C=O) groups excluding carboxylic acids is 1. The van der Waals surface area contributed by atoms with E-state index in [1.165, 1.54) is 7.11 Å². The van der Waals surface area contributed by atoms with Gasteiger partial charge in [0.15, 0.2) is 0 Å². The Labute approximate surface area is 152 Å². The van der Waals surface area contributed by atoms with Gasteiger partial charge in [-0.05, 0) is 55.3 Å². The minimum atomic E-state index is -0.362. The summed E-state index contributed by atoms with van der Waals surface area (Å²) in [6.07, 6.45) is 1.69. The van der Waals surface area contributed by atoms with Crippen LogP contribution < -0.4 is 10.6 Å². The van der Waals surface area contributed by atoms with Crippen molar-refractivity contribution in [1.29, 1.82) is 0 Å². The van der Waals surface area contributed by atoms with Crippen molar-refractivity contribution in [2.75, 3.05) is 17.7 Å². The van der Waals surface area contributed by atoms with Crippen molar-refractivity contribution in [3.05, 3.63) is 71.4 Å². The van der Waals surface area contributed by atoms with Crippen molar-refractivity contribution in [3.63, 3.8) is 0 Å². The standard InChI is InChI=1S/C20H20N4O2/c1-13-5-4-6-14(2)18(13)24-20-21-12-11-17(23-20)22-16-9-7-15(8-10-16)19(25)26-3/h4-12H,1-3H3,(H2,21,22,23,24). The minimum absolute atomic E-state index is 0.362. The number of carbonyl (C=O) groups is 1. The average Bonchev–Trinajstić information content (AvgIpc) is 2.65. The summed E-state index contributed by atoms with van der Waals surface area (Å²) in [5, 5.41) is 6.48. The van der Waals surface area contributed by atoms with Gasteiger partial charge in [0.2, 0.25) is 5.95 Å². The molecule has 0 unspecified atom stereocenters. The van der Waals surface area contributed by atoms with Crippen molar-refractivity contribution in [1.82, 2.24) is 9.97 Å². The molecule has 2 aromatic carbocycles. The van der Waals surface area contributed by atoms with Crippen LogP contribution >= 0.6 is 0 Å². The lowest BCUT2D eigenvalue weighted by Crippen LogP contribution is -2.03. The van der Waals surface area contributed by atoms with Gasteiger partial charge >= 0.3 is 5.97 Å². The van der Waals surface area contributed by atoms with Crippen molar-refractivity contribution in [2.24, 2.45) is 0 Å². The Hall–Kier alpha value is -3.41. The molecule has 0 aliphatic carbocycles. The number of rotatable bonds is 5. The molecule has 0 radical (unpaired) electrons. The number of para-hydroxylation sites is 1. The highest BCUT2D eigenvalue weighted by molar-refractivity contribution is 5.89. The second-order valence-electron chi connectivity index (χ2n) is 5.85. The molecule has 0 atom stereocenters. The summed E-state index contributed by atoms with van der Waals surface area (Å²) in [7, 11) is 1.36. The molecular formula is C20H20N4O2. The summed E-state index contributed by atoms with van der Waals surface area (Å²) in [5.74, 6) is 0.803. The van der Waals surface area contributed by atoms with Crippen LogP contribution in [-0.4, -0.2) is 23.0 Å². The first-order valence-electron chi connectivity index (χ1n) is 8.18. The summed E-state index contributed by atoms with van der Waals surface area (Å²) in [4.78, 5) is 20.3. The quantitative estimate of drug-likeness (QED) is 0.667. The number of nitrogens with zero attached hydrogens (tertiary/aromatic N) is 2. The maximum atomic E-state index is 11.5. The molecule has 0 saturated carbocycles. The van der Waals surface area contributed by atoms with Gasteiger partial charge in [-0.2, -0.15) is 4.98 Å². The number of methoxy groups -OCH3 is 1. The fourth-order valence-electron chi connectivity index (χ4n) is 2.57. The van der Waals surface area contributed by atoms with Crippen LogP contribution in [0.5, 0.6) is 0 Å². The summed E-state index contributed by atoms with van der Waals surface area (Å²) >= 11 is 0. The van der Waals surface area contributed by atoms with Gasteiger partial charge in [-0.15, -0.1) is 0 Å². The van der Waals surface area contributed by atoms with E-state index in [0.29, 0.717) is 17.3 Å².